The minimum absolute atomic E-state index is 0.720. The maximum atomic E-state index is 4.32. The van der Waals surface area contributed by atoms with E-state index in [-0.39, 0.29) is 0 Å². The van der Waals surface area contributed by atoms with Crippen molar-refractivity contribution in [2.45, 2.75) is 6.92 Å². The van der Waals surface area contributed by atoms with Crippen LogP contribution in [0.4, 0.5) is 0 Å². The smallest absolute Gasteiger partial charge is 0.159 e. The second kappa shape index (κ2) is 3.37. The fraction of sp³-hybridized carbons (Fsp3) is 0.0909. The highest BCUT2D eigenvalue weighted by molar-refractivity contribution is 5.75. The first-order valence-electron chi connectivity index (χ1n) is 4.95. The van der Waals surface area contributed by atoms with Gasteiger partial charge in [-0.2, -0.15) is 4.68 Å². The number of hydrogen-bond acceptors (Lipinski definition) is 4. The second-order valence-corrected chi connectivity index (χ2v) is 3.45. The van der Waals surface area contributed by atoms with Gasteiger partial charge in [0, 0.05) is 12.3 Å². The Hall–Kier alpha value is -2.30. The van der Waals surface area contributed by atoms with Crippen molar-refractivity contribution in [3.05, 3.63) is 42.4 Å². The van der Waals surface area contributed by atoms with Gasteiger partial charge in [0.25, 0.3) is 0 Å². The summed E-state index contributed by atoms with van der Waals surface area (Å²) in [4.78, 5) is 8.37. The summed E-state index contributed by atoms with van der Waals surface area (Å²) < 4.78 is 1.71. The Bertz CT molecular complexity index is 643. The molecule has 16 heavy (non-hydrogen) atoms. The molecule has 0 bridgehead atoms. The molecule has 78 valence electrons. The Morgan fingerprint density at radius 1 is 1.12 bits per heavy atom. The molecule has 0 amide bonds. The third kappa shape index (κ3) is 1.33. The van der Waals surface area contributed by atoms with E-state index in [1.807, 2.05) is 37.3 Å². The molecule has 2 aromatic heterocycles. The van der Waals surface area contributed by atoms with Crippen LogP contribution in [-0.2, 0) is 0 Å². The number of rotatable bonds is 1. The lowest BCUT2D eigenvalue weighted by molar-refractivity contribution is 0.790. The molecule has 1 aromatic carbocycles. The number of fused-ring (bicyclic) bond motifs is 1. The van der Waals surface area contributed by atoms with Crippen LogP contribution in [0.5, 0.6) is 0 Å². The van der Waals surface area contributed by atoms with E-state index < -0.39 is 0 Å². The number of hydrogen-bond donors (Lipinski definition) is 0. The Labute approximate surface area is 91.8 Å². The summed E-state index contributed by atoms with van der Waals surface area (Å²) >= 11 is 0. The lowest BCUT2D eigenvalue weighted by Gasteiger charge is -2.00. The molecule has 0 saturated carbocycles. The maximum absolute atomic E-state index is 4.32. The van der Waals surface area contributed by atoms with Crippen LogP contribution >= 0.6 is 0 Å². The summed E-state index contributed by atoms with van der Waals surface area (Å²) in [7, 11) is 0. The highest BCUT2D eigenvalue weighted by Gasteiger charge is 2.06. The van der Waals surface area contributed by atoms with E-state index >= 15 is 0 Å². The molecule has 0 aliphatic rings. The molecule has 0 unspecified atom stereocenters. The van der Waals surface area contributed by atoms with E-state index in [4.69, 9.17) is 0 Å². The minimum atomic E-state index is 0.720. The molecule has 0 aliphatic heterocycles. The molecule has 0 spiro atoms. The van der Waals surface area contributed by atoms with Crippen LogP contribution in [0.25, 0.3) is 16.9 Å². The molecule has 0 N–H and O–H groups in total. The molecule has 0 saturated heterocycles. The standard InChI is InChI=1S/C11H9N5/c1-8-12-7-6-11(13-8)16-10-5-3-2-4-9(10)14-15-16/h2-7H,1H3. The van der Waals surface area contributed by atoms with Crippen molar-refractivity contribution < 1.29 is 0 Å². The quantitative estimate of drug-likeness (QED) is 0.612. The Kier molecular flexibility index (Phi) is 1.89. The van der Waals surface area contributed by atoms with Gasteiger partial charge in [-0.1, -0.05) is 17.3 Å². The molecule has 3 aromatic rings. The van der Waals surface area contributed by atoms with Crippen molar-refractivity contribution >= 4 is 11.0 Å². The van der Waals surface area contributed by atoms with Crippen LogP contribution in [0.3, 0.4) is 0 Å². The third-order valence-corrected chi connectivity index (χ3v) is 2.33. The zero-order chi connectivity index (χ0) is 11.0. The van der Waals surface area contributed by atoms with Gasteiger partial charge in [-0.3, -0.25) is 0 Å². The lowest BCUT2D eigenvalue weighted by atomic mass is 10.3. The third-order valence-electron chi connectivity index (χ3n) is 2.33. The predicted molar refractivity (Wildman–Crippen MR) is 59.2 cm³/mol. The van der Waals surface area contributed by atoms with Crippen molar-refractivity contribution in [1.29, 1.82) is 0 Å². The van der Waals surface area contributed by atoms with Crippen LogP contribution in [0.2, 0.25) is 0 Å². The Balaban J connectivity index is 2.26. The van der Waals surface area contributed by atoms with Gasteiger partial charge in [0.15, 0.2) is 5.82 Å². The van der Waals surface area contributed by atoms with Crippen LogP contribution < -0.4 is 0 Å². The summed E-state index contributed by atoms with van der Waals surface area (Å²) in [6.07, 6.45) is 1.72. The second-order valence-electron chi connectivity index (χ2n) is 3.45. The van der Waals surface area contributed by atoms with Crippen LogP contribution in [0, 0.1) is 6.92 Å². The molecule has 2 heterocycles. The van der Waals surface area contributed by atoms with Crippen molar-refractivity contribution in [3.63, 3.8) is 0 Å². The van der Waals surface area contributed by atoms with E-state index in [9.17, 15) is 0 Å². The van der Waals surface area contributed by atoms with Gasteiger partial charge in [-0.25, -0.2) is 9.97 Å². The molecular formula is C11H9N5. The van der Waals surface area contributed by atoms with Gasteiger partial charge in [0.1, 0.15) is 11.3 Å². The van der Waals surface area contributed by atoms with Crippen molar-refractivity contribution in [1.82, 2.24) is 25.0 Å². The summed E-state index contributed by atoms with van der Waals surface area (Å²) in [5.41, 5.74) is 1.80. The van der Waals surface area contributed by atoms with Crippen LogP contribution in [0.15, 0.2) is 36.5 Å². The Morgan fingerprint density at radius 3 is 2.88 bits per heavy atom. The number of para-hydroxylation sites is 1. The highest BCUT2D eigenvalue weighted by atomic mass is 15.4. The van der Waals surface area contributed by atoms with Gasteiger partial charge < -0.3 is 0 Å². The SMILES string of the molecule is Cc1nccc(-n2nnc3ccccc32)n1. The Morgan fingerprint density at radius 2 is 2.00 bits per heavy atom. The summed E-state index contributed by atoms with van der Waals surface area (Å²) in [5.74, 6) is 1.46. The first kappa shape index (κ1) is 8.96. The lowest BCUT2D eigenvalue weighted by Crippen LogP contribution is -2.01. The topological polar surface area (TPSA) is 56.5 Å². The molecular weight excluding hydrogens is 202 g/mol. The number of nitrogens with zero attached hydrogens (tertiary/aromatic N) is 5. The molecule has 5 heteroatoms. The van der Waals surface area contributed by atoms with Crippen molar-refractivity contribution in [2.75, 3.05) is 0 Å². The van der Waals surface area contributed by atoms with Crippen molar-refractivity contribution in [3.8, 4) is 5.82 Å². The molecule has 0 radical (unpaired) electrons. The average molecular weight is 211 g/mol. The molecule has 0 fully saturated rings. The van der Waals surface area contributed by atoms with Crippen molar-refractivity contribution in [2.24, 2.45) is 0 Å². The van der Waals surface area contributed by atoms with E-state index in [1.54, 1.807) is 10.9 Å². The first-order chi connectivity index (χ1) is 7.84. The first-order valence-corrected chi connectivity index (χ1v) is 4.95. The van der Waals surface area contributed by atoms with E-state index in [0.29, 0.717) is 0 Å². The number of aromatic nitrogens is 5. The molecule has 0 aliphatic carbocycles. The maximum Gasteiger partial charge on any atom is 0.159 e. The van der Waals surface area contributed by atoms with Gasteiger partial charge in [-0.05, 0) is 19.1 Å². The zero-order valence-electron chi connectivity index (χ0n) is 8.70. The normalized spacial score (nSPS) is 10.8. The van der Waals surface area contributed by atoms with Gasteiger partial charge in [0.05, 0.1) is 5.52 Å². The van der Waals surface area contributed by atoms with E-state index in [2.05, 4.69) is 20.3 Å². The van der Waals surface area contributed by atoms with Gasteiger partial charge in [0.2, 0.25) is 0 Å². The zero-order valence-corrected chi connectivity index (χ0v) is 8.70. The average Bonchev–Trinajstić information content (AvgIpc) is 2.72. The monoisotopic (exact) mass is 211 g/mol. The van der Waals surface area contributed by atoms with Crippen LogP contribution in [0.1, 0.15) is 5.82 Å². The number of benzene rings is 1. The predicted octanol–water partition coefficient (Wildman–Crippen LogP) is 1.52. The highest BCUT2D eigenvalue weighted by Crippen LogP contribution is 2.13. The van der Waals surface area contributed by atoms with Crippen LogP contribution in [-0.4, -0.2) is 25.0 Å². The minimum Gasteiger partial charge on any atom is -0.242 e. The summed E-state index contributed by atoms with van der Waals surface area (Å²) in [5, 5.41) is 8.16. The van der Waals surface area contributed by atoms with E-state index in [0.717, 1.165) is 22.7 Å². The molecule has 0 atom stereocenters. The summed E-state index contributed by atoms with van der Waals surface area (Å²) in [6.45, 7) is 1.85. The fourth-order valence-electron chi connectivity index (χ4n) is 1.60. The molecule has 5 nitrogen and oxygen atoms in total. The fourth-order valence-corrected chi connectivity index (χ4v) is 1.60. The van der Waals surface area contributed by atoms with Gasteiger partial charge in [-0.15, -0.1) is 5.10 Å². The molecule has 3 rings (SSSR count). The van der Waals surface area contributed by atoms with E-state index in [1.165, 1.54) is 0 Å². The number of aryl methyl sites for hydroxylation is 1. The van der Waals surface area contributed by atoms with Gasteiger partial charge >= 0.3 is 0 Å². The summed E-state index contributed by atoms with van der Waals surface area (Å²) in [6, 6.07) is 9.59. The largest absolute Gasteiger partial charge is 0.242 e.